The van der Waals surface area contributed by atoms with Crippen molar-refractivity contribution in [1.29, 1.82) is 0 Å². The number of nitrogens with zero attached hydrogens (tertiary/aromatic N) is 1. The van der Waals surface area contributed by atoms with Crippen LogP contribution >= 0.6 is 11.6 Å². The van der Waals surface area contributed by atoms with E-state index in [9.17, 15) is 16.8 Å². The van der Waals surface area contributed by atoms with Crippen molar-refractivity contribution in [2.75, 3.05) is 32.6 Å². The van der Waals surface area contributed by atoms with E-state index in [1.165, 1.54) is 29.6 Å². The molecule has 2 fully saturated rings. The molecule has 0 bridgehead atoms. The third kappa shape index (κ3) is 3.03. The zero-order valence-electron chi connectivity index (χ0n) is 13.0. The average Bonchev–Trinajstić information content (AvgIpc) is 2.54. The van der Waals surface area contributed by atoms with E-state index in [0.29, 0.717) is 13.0 Å². The molecule has 3 rings (SSSR count). The lowest BCUT2D eigenvalue weighted by Gasteiger charge is -2.42. The molecule has 0 N–H and O–H groups in total. The Balaban J connectivity index is 2.05. The first-order chi connectivity index (χ1) is 11.3. The predicted molar refractivity (Wildman–Crippen MR) is 88.7 cm³/mol. The van der Waals surface area contributed by atoms with E-state index in [1.54, 1.807) is 0 Å². The fourth-order valence-corrected chi connectivity index (χ4v) is 7.31. The van der Waals surface area contributed by atoms with Crippen LogP contribution in [0.25, 0.3) is 0 Å². The first-order valence-electron chi connectivity index (χ1n) is 7.42. The highest BCUT2D eigenvalue weighted by Gasteiger charge is 2.48. The summed E-state index contributed by atoms with van der Waals surface area (Å²) in [5.41, 5.74) is 0. The molecule has 2 aliphatic heterocycles. The molecule has 0 aliphatic carbocycles. The molecular formula is C14H18ClNO6S2. The van der Waals surface area contributed by atoms with E-state index >= 15 is 0 Å². The maximum atomic E-state index is 13.1. The Kier molecular flexibility index (Phi) is 4.82. The van der Waals surface area contributed by atoms with Crippen molar-refractivity contribution in [2.45, 2.75) is 22.6 Å². The molecule has 2 heterocycles. The molecule has 0 saturated carbocycles. The highest BCUT2D eigenvalue weighted by Crippen LogP contribution is 2.35. The number of methoxy groups -OCH3 is 1. The first-order valence-corrected chi connectivity index (χ1v) is 11.0. The molecule has 0 unspecified atom stereocenters. The maximum Gasteiger partial charge on any atom is 0.247 e. The van der Waals surface area contributed by atoms with Crippen LogP contribution in [0.1, 0.15) is 6.42 Å². The van der Waals surface area contributed by atoms with E-state index in [0.717, 1.165) is 0 Å². The second-order valence-corrected chi connectivity index (χ2v) is 10.4. The number of hydrogen-bond donors (Lipinski definition) is 0. The van der Waals surface area contributed by atoms with E-state index in [2.05, 4.69) is 0 Å². The number of benzene rings is 1. The van der Waals surface area contributed by atoms with Gasteiger partial charge in [0.15, 0.2) is 9.84 Å². The van der Waals surface area contributed by atoms with Crippen molar-refractivity contribution in [3.63, 3.8) is 0 Å². The molecule has 24 heavy (non-hydrogen) atoms. The number of hydrogen-bond acceptors (Lipinski definition) is 6. The van der Waals surface area contributed by atoms with Crippen LogP contribution in [0.4, 0.5) is 0 Å². The molecule has 0 radical (unpaired) electrons. The summed E-state index contributed by atoms with van der Waals surface area (Å²) >= 11 is 5.95. The molecule has 0 spiro atoms. The van der Waals surface area contributed by atoms with Crippen LogP contribution < -0.4 is 4.74 Å². The summed E-state index contributed by atoms with van der Waals surface area (Å²) in [7, 11) is -5.94. The molecule has 2 aliphatic rings. The lowest BCUT2D eigenvalue weighted by atomic mass is 10.1. The van der Waals surface area contributed by atoms with Gasteiger partial charge in [0, 0.05) is 24.2 Å². The molecule has 2 saturated heterocycles. The topological polar surface area (TPSA) is 90.0 Å². The van der Waals surface area contributed by atoms with Gasteiger partial charge in [-0.2, -0.15) is 4.31 Å². The van der Waals surface area contributed by atoms with Gasteiger partial charge in [-0.05, 0) is 24.6 Å². The van der Waals surface area contributed by atoms with Gasteiger partial charge >= 0.3 is 0 Å². The quantitative estimate of drug-likeness (QED) is 0.756. The van der Waals surface area contributed by atoms with Crippen molar-refractivity contribution in [3.05, 3.63) is 23.2 Å². The number of sulfone groups is 1. The molecule has 0 aromatic heterocycles. The molecular weight excluding hydrogens is 378 g/mol. The second-order valence-electron chi connectivity index (χ2n) is 5.75. The van der Waals surface area contributed by atoms with Gasteiger partial charge in [-0.15, -0.1) is 0 Å². The Labute approximate surface area is 146 Å². The minimum absolute atomic E-state index is 0.0195. The Morgan fingerprint density at radius 1 is 1.38 bits per heavy atom. The van der Waals surface area contributed by atoms with Gasteiger partial charge in [-0.1, -0.05) is 11.6 Å². The Morgan fingerprint density at radius 2 is 2.12 bits per heavy atom. The van der Waals surface area contributed by atoms with Crippen LogP contribution in [-0.2, 0) is 24.6 Å². The van der Waals surface area contributed by atoms with Gasteiger partial charge in [0.1, 0.15) is 15.9 Å². The summed E-state index contributed by atoms with van der Waals surface area (Å²) in [6.45, 7) is 0.266. The molecule has 134 valence electrons. The van der Waals surface area contributed by atoms with E-state index in [4.69, 9.17) is 21.1 Å². The van der Waals surface area contributed by atoms with Crippen molar-refractivity contribution in [2.24, 2.45) is 0 Å². The zero-order valence-corrected chi connectivity index (χ0v) is 15.4. The van der Waals surface area contributed by atoms with Crippen molar-refractivity contribution < 1.29 is 26.3 Å². The molecule has 2 atom stereocenters. The van der Waals surface area contributed by atoms with Gasteiger partial charge in [0.25, 0.3) is 0 Å². The SMILES string of the molecule is COc1ccc(Cl)cc1S(=O)(=O)N1CCS(=O)(=O)[C@H]2COCC[C@@H]21. The number of rotatable bonds is 3. The van der Waals surface area contributed by atoms with Crippen LogP contribution in [0.15, 0.2) is 23.1 Å². The van der Waals surface area contributed by atoms with Crippen LogP contribution in [0.5, 0.6) is 5.75 Å². The highest BCUT2D eigenvalue weighted by atomic mass is 35.5. The second kappa shape index (κ2) is 6.45. The Bertz CT molecular complexity index is 839. The standard InChI is InChI=1S/C14H18ClNO6S2/c1-21-12-3-2-10(15)8-13(12)24(19,20)16-5-7-23(17,18)14-9-22-6-4-11(14)16/h2-3,8,11,14H,4-7,9H2,1H3/t11-,14-/m0/s1. The first kappa shape index (κ1) is 17.9. The van der Waals surface area contributed by atoms with Gasteiger partial charge in [0.2, 0.25) is 10.0 Å². The largest absolute Gasteiger partial charge is 0.495 e. The molecule has 0 amide bonds. The lowest BCUT2D eigenvalue weighted by molar-refractivity contribution is 0.0590. The normalized spacial score (nSPS) is 27.4. The fourth-order valence-electron chi connectivity index (χ4n) is 3.18. The average molecular weight is 396 g/mol. The highest BCUT2D eigenvalue weighted by molar-refractivity contribution is 7.92. The van der Waals surface area contributed by atoms with Crippen molar-refractivity contribution in [3.8, 4) is 5.75 Å². The smallest absolute Gasteiger partial charge is 0.247 e. The third-order valence-electron chi connectivity index (χ3n) is 4.41. The van der Waals surface area contributed by atoms with Crippen LogP contribution in [0.3, 0.4) is 0 Å². The third-order valence-corrected chi connectivity index (χ3v) is 8.71. The number of halogens is 1. The summed E-state index contributed by atoms with van der Waals surface area (Å²) in [6.07, 6.45) is 0.339. The minimum Gasteiger partial charge on any atom is -0.495 e. The van der Waals surface area contributed by atoms with E-state index < -0.39 is 31.2 Å². The molecule has 1 aromatic rings. The summed E-state index contributed by atoms with van der Waals surface area (Å²) < 4.78 is 62.4. The van der Waals surface area contributed by atoms with Gasteiger partial charge in [0.05, 0.1) is 19.5 Å². The summed E-state index contributed by atoms with van der Waals surface area (Å²) in [6, 6.07) is 3.72. The van der Waals surface area contributed by atoms with Crippen LogP contribution in [-0.4, -0.2) is 65.1 Å². The van der Waals surface area contributed by atoms with E-state index in [1.807, 2.05) is 0 Å². The Morgan fingerprint density at radius 3 is 2.83 bits per heavy atom. The van der Waals surface area contributed by atoms with Gasteiger partial charge in [-0.25, -0.2) is 16.8 Å². The summed E-state index contributed by atoms with van der Waals surface area (Å²) in [5.74, 6) is -0.0453. The molecule has 10 heteroatoms. The van der Waals surface area contributed by atoms with E-state index in [-0.39, 0.29) is 34.6 Å². The van der Waals surface area contributed by atoms with Crippen LogP contribution in [0.2, 0.25) is 5.02 Å². The summed E-state index contributed by atoms with van der Waals surface area (Å²) in [4.78, 5) is -0.0537. The lowest BCUT2D eigenvalue weighted by Crippen LogP contribution is -2.60. The van der Waals surface area contributed by atoms with Crippen molar-refractivity contribution >= 4 is 31.5 Å². The summed E-state index contributed by atoms with van der Waals surface area (Å²) in [5, 5.41) is -0.567. The van der Waals surface area contributed by atoms with Crippen LogP contribution in [0, 0.1) is 0 Å². The van der Waals surface area contributed by atoms with Gasteiger partial charge in [-0.3, -0.25) is 0 Å². The minimum atomic E-state index is -3.94. The molecule has 1 aromatic carbocycles. The number of ether oxygens (including phenoxy) is 2. The molecule has 7 nitrogen and oxygen atoms in total. The zero-order chi connectivity index (χ0) is 17.5. The number of fused-ring (bicyclic) bond motifs is 1. The Hall–Kier alpha value is -0.870. The van der Waals surface area contributed by atoms with Gasteiger partial charge < -0.3 is 9.47 Å². The number of sulfonamides is 1. The maximum absolute atomic E-state index is 13.1. The monoisotopic (exact) mass is 395 g/mol. The predicted octanol–water partition coefficient (Wildman–Crippen LogP) is 0.925. The van der Waals surface area contributed by atoms with Crippen molar-refractivity contribution in [1.82, 2.24) is 4.31 Å². The fraction of sp³-hybridized carbons (Fsp3) is 0.571.